The lowest BCUT2D eigenvalue weighted by atomic mass is 10.2. The minimum atomic E-state index is -0.293. The molecule has 28 heavy (non-hydrogen) atoms. The van der Waals surface area contributed by atoms with Crippen LogP contribution in [0.25, 0.3) is 5.69 Å². The van der Waals surface area contributed by atoms with Crippen molar-refractivity contribution >= 4 is 11.7 Å². The lowest BCUT2D eigenvalue weighted by Gasteiger charge is -2.16. The molecule has 0 atom stereocenters. The van der Waals surface area contributed by atoms with Crippen molar-refractivity contribution < 1.29 is 9.18 Å². The van der Waals surface area contributed by atoms with Gasteiger partial charge in [-0.3, -0.25) is 4.79 Å². The molecule has 0 bridgehead atoms. The average Bonchev–Trinajstić information content (AvgIpc) is 3.30. The second kappa shape index (κ2) is 7.42. The van der Waals surface area contributed by atoms with Gasteiger partial charge in [0, 0.05) is 43.7 Å². The monoisotopic (exact) mass is 379 g/mol. The van der Waals surface area contributed by atoms with Crippen LogP contribution in [-0.2, 0) is 19.4 Å². The molecule has 6 nitrogen and oxygen atoms in total. The third-order valence-corrected chi connectivity index (χ3v) is 4.95. The quantitative estimate of drug-likeness (QED) is 0.740. The molecule has 1 amide bonds. The van der Waals surface area contributed by atoms with Crippen LogP contribution in [0.15, 0.2) is 42.6 Å². The van der Waals surface area contributed by atoms with Gasteiger partial charge in [0.2, 0.25) is 0 Å². The number of anilines is 1. The highest BCUT2D eigenvalue weighted by atomic mass is 19.1. The van der Waals surface area contributed by atoms with Gasteiger partial charge in [-0.05, 0) is 49.6 Å². The van der Waals surface area contributed by atoms with Crippen LogP contribution in [0, 0.1) is 5.82 Å². The topological polar surface area (TPSA) is 63.1 Å². The van der Waals surface area contributed by atoms with Crippen LogP contribution in [-0.4, -0.2) is 34.8 Å². The van der Waals surface area contributed by atoms with E-state index >= 15 is 0 Å². The maximum absolute atomic E-state index is 13.3. The Kier molecular flexibility index (Phi) is 4.81. The van der Waals surface area contributed by atoms with E-state index in [1.54, 1.807) is 23.0 Å². The molecular weight excluding hydrogens is 357 g/mol. The standard InChI is InChI=1S/C21H22FN5O/c1-26(2)20-14(5-4-12-23-20)13-24-21(28)19-17-6-3-7-18(17)27(25-19)16-10-8-15(22)9-11-16/h4-5,8-12H,3,6-7,13H2,1-2H3,(H,24,28). The highest BCUT2D eigenvalue weighted by Gasteiger charge is 2.27. The van der Waals surface area contributed by atoms with Crippen molar-refractivity contribution in [1.82, 2.24) is 20.1 Å². The molecule has 0 fully saturated rings. The highest BCUT2D eigenvalue weighted by Crippen LogP contribution is 2.28. The van der Waals surface area contributed by atoms with Crippen molar-refractivity contribution in [2.24, 2.45) is 0 Å². The maximum Gasteiger partial charge on any atom is 0.272 e. The molecule has 1 aliphatic rings. The lowest BCUT2D eigenvalue weighted by molar-refractivity contribution is 0.0944. The van der Waals surface area contributed by atoms with E-state index in [-0.39, 0.29) is 11.7 Å². The summed E-state index contributed by atoms with van der Waals surface area (Å²) in [5.41, 5.74) is 4.18. The van der Waals surface area contributed by atoms with Gasteiger partial charge in [-0.15, -0.1) is 0 Å². The molecule has 1 N–H and O–H groups in total. The highest BCUT2D eigenvalue weighted by molar-refractivity contribution is 5.94. The Morgan fingerprint density at radius 2 is 2.00 bits per heavy atom. The zero-order valence-corrected chi connectivity index (χ0v) is 15.9. The van der Waals surface area contributed by atoms with Gasteiger partial charge in [-0.25, -0.2) is 14.1 Å². The first-order valence-electron chi connectivity index (χ1n) is 9.30. The van der Waals surface area contributed by atoms with Crippen LogP contribution < -0.4 is 10.2 Å². The number of nitrogens with one attached hydrogen (secondary N) is 1. The number of carbonyl (C=O) groups excluding carboxylic acids is 1. The Hall–Kier alpha value is -3.22. The summed E-state index contributed by atoms with van der Waals surface area (Å²) < 4.78 is 15.0. The Bertz CT molecular complexity index is 1010. The average molecular weight is 379 g/mol. The van der Waals surface area contributed by atoms with E-state index in [2.05, 4.69) is 15.4 Å². The van der Waals surface area contributed by atoms with E-state index in [1.807, 2.05) is 31.1 Å². The summed E-state index contributed by atoms with van der Waals surface area (Å²) in [7, 11) is 3.84. The van der Waals surface area contributed by atoms with Gasteiger partial charge in [-0.1, -0.05) is 6.07 Å². The molecule has 0 saturated carbocycles. The zero-order valence-electron chi connectivity index (χ0n) is 15.9. The number of hydrogen-bond donors (Lipinski definition) is 1. The summed E-state index contributed by atoms with van der Waals surface area (Å²) in [6.07, 6.45) is 4.41. The summed E-state index contributed by atoms with van der Waals surface area (Å²) in [5.74, 6) is 0.330. The van der Waals surface area contributed by atoms with E-state index in [4.69, 9.17) is 0 Å². The number of nitrogens with zero attached hydrogens (tertiary/aromatic N) is 4. The van der Waals surface area contributed by atoms with Crippen molar-refractivity contribution in [2.75, 3.05) is 19.0 Å². The van der Waals surface area contributed by atoms with E-state index in [1.165, 1.54) is 12.1 Å². The van der Waals surface area contributed by atoms with Gasteiger partial charge < -0.3 is 10.2 Å². The van der Waals surface area contributed by atoms with Gasteiger partial charge in [0.1, 0.15) is 11.6 Å². The van der Waals surface area contributed by atoms with Crippen molar-refractivity contribution in [2.45, 2.75) is 25.8 Å². The van der Waals surface area contributed by atoms with Gasteiger partial charge in [-0.2, -0.15) is 5.10 Å². The number of amides is 1. The Labute approximate surface area is 163 Å². The van der Waals surface area contributed by atoms with Crippen molar-refractivity contribution in [3.8, 4) is 5.69 Å². The molecule has 0 aliphatic heterocycles. The van der Waals surface area contributed by atoms with Gasteiger partial charge in [0.15, 0.2) is 5.69 Å². The first-order valence-corrected chi connectivity index (χ1v) is 9.30. The predicted octanol–water partition coefficient (Wildman–Crippen LogP) is 2.89. The number of halogens is 1. The maximum atomic E-state index is 13.3. The normalized spacial score (nSPS) is 12.7. The fraction of sp³-hybridized carbons (Fsp3) is 0.286. The van der Waals surface area contributed by atoms with Crippen LogP contribution in [0.5, 0.6) is 0 Å². The molecule has 0 radical (unpaired) electrons. The van der Waals surface area contributed by atoms with E-state index in [9.17, 15) is 9.18 Å². The molecule has 1 aliphatic carbocycles. The summed E-state index contributed by atoms with van der Waals surface area (Å²) in [6.45, 7) is 0.373. The fourth-order valence-electron chi connectivity index (χ4n) is 3.65. The molecule has 7 heteroatoms. The van der Waals surface area contributed by atoms with Crippen LogP contribution >= 0.6 is 0 Å². The molecule has 144 valence electrons. The molecule has 3 aromatic rings. The van der Waals surface area contributed by atoms with Crippen molar-refractivity contribution in [3.63, 3.8) is 0 Å². The SMILES string of the molecule is CN(C)c1ncccc1CNC(=O)c1nn(-c2ccc(F)cc2)c2c1CCC2. The minimum absolute atomic E-state index is 0.201. The number of rotatable bonds is 5. The third kappa shape index (κ3) is 3.35. The lowest BCUT2D eigenvalue weighted by Crippen LogP contribution is -2.26. The molecule has 4 rings (SSSR count). The Balaban J connectivity index is 1.59. The first kappa shape index (κ1) is 18.2. The molecule has 0 spiro atoms. The van der Waals surface area contributed by atoms with Crippen LogP contribution in [0.2, 0.25) is 0 Å². The molecular formula is C21H22FN5O. The Morgan fingerprint density at radius 3 is 2.75 bits per heavy atom. The molecule has 1 aromatic carbocycles. The van der Waals surface area contributed by atoms with Crippen LogP contribution in [0.4, 0.5) is 10.2 Å². The minimum Gasteiger partial charge on any atom is -0.362 e. The number of aromatic nitrogens is 3. The first-order chi connectivity index (χ1) is 13.5. The van der Waals surface area contributed by atoms with Gasteiger partial charge in [0.25, 0.3) is 5.91 Å². The second-order valence-corrected chi connectivity index (χ2v) is 7.08. The molecule has 0 unspecified atom stereocenters. The number of hydrogen-bond acceptors (Lipinski definition) is 4. The molecule has 2 aromatic heterocycles. The third-order valence-electron chi connectivity index (χ3n) is 4.95. The van der Waals surface area contributed by atoms with Crippen LogP contribution in [0.3, 0.4) is 0 Å². The summed E-state index contributed by atoms with van der Waals surface area (Å²) >= 11 is 0. The number of pyridine rings is 1. The molecule has 0 saturated heterocycles. The largest absolute Gasteiger partial charge is 0.362 e. The zero-order chi connectivity index (χ0) is 19.7. The fourth-order valence-corrected chi connectivity index (χ4v) is 3.65. The van der Waals surface area contributed by atoms with E-state index < -0.39 is 0 Å². The van der Waals surface area contributed by atoms with E-state index in [0.29, 0.717) is 12.2 Å². The van der Waals surface area contributed by atoms with Gasteiger partial charge >= 0.3 is 0 Å². The molecule has 2 heterocycles. The second-order valence-electron chi connectivity index (χ2n) is 7.08. The smallest absolute Gasteiger partial charge is 0.272 e. The summed E-state index contributed by atoms with van der Waals surface area (Å²) in [5, 5.41) is 7.53. The number of carbonyl (C=O) groups is 1. The number of benzene rings is 1. The Morgan fingerprint density at radius 1 is 1.21 bits per heavy atom. The van der Waals surface area contributed by atoms with Crippen molar-refractivity contribution in [3.05, 3.63) is 70.9 Å². The summed E-state index contributed by atoms with van der Waals surface area (Å²) in [6, 6.07) is 9.98. The summed E-state index contributed by atoms with van der Waals surface area (Å²) in [4.78, 5) is 19.2. The van der Waals surface area contributed by atoms with Gasteiger partial charge in [0.05, 0.1) is 5.69 Å². The number of fused-ring (bicyclic) bond motifs is 1. The van der Waals surface area contributed by atoms with Crippen molar-refractivity contribution in [1.29, 1.82) is 0 Å². The van der Waals surface area contributed by atoms with E-state index in [0.717, 1.165) is 47.6 Å². The predicted molar refractivity (Wildman–Crippen MR) is 105 cm³/mol. The van der Waals surface area contributed by atoms with Crippen LogP contribution in [0.1, 0.15) is 33.7 Å².